The lowest BCUT2D eigenvalue weighted by Crippen LogP contribution is -2.16. The first-order chi connectivity index (χ1) is 8.58. The molecular formula is C14H14ClNO2. The van der Waals surface area contributed by atoms with Crippen molar-refractivity contribution in [1.82, 2.24) is 0 Å². The van der Waals surface area contributed by atoms with E-state index in [1.54, 1.807) is 24.7 Å². The van der Waals surface area contributed by atoms with Crippen LogP contribution < -0.4 is 4.90 Å². The first-order valence-electron chi connectivity index (χ1n) is 5.60. The van der Waals surface area contributed by atoms with Gasteiger partial charge >= 0.3 is 0 Å². The van der Waals surface area contributed by atoms with Gasteiger partial charge in [-0.2, -0.15) is 0 Å². The van der Waals surface area contributed by atoms with Crippen LogP contribution in [0.15, 0.2) is 41.2 Å². The Kier molecular flexibility index (Phi) is 3.72. The van der Waals surface area contributed by atoms with Crippen LogP contribution in [0.4, 0.5) is 5.69 Å². The van der Waals surface area contributed by atoms with E-state index in [1.807, 2.05) is 24.1 Å². The lowest BCUT2D eigenvalue weighted by Gasteiger charge is -2.19. The lowest BCUT2D eigenvalue weighted by molar-refractivity contribution is 0.101. The molecule has 0 atom stereocenters. The molecule has 0 saturated carbocycles. The topological polar surface area (TPSA) is 33.5 Å². The number of halogens is 1. The highest BCUT2D eigenvalue weighted by molar-refractivity contribution is 6.34. The molecule has 0 unspecified atom stereocenters. The predicted octanol–water partition coefficient (Wildman–Crippen LogP) is 3.77. The molecule has 0 fully saturated rings. The molecule has 2 rings (SSSR count). The number of anilines is 1. The lowest BCUT2D eigenvalue weighted by atomic mass is 10.1. The third-order valence-corrected chi connectivity index (χ3v) is 3.09. The summed E-state index contributed by atoms with van der Waals surface area (Å²) in [6.07, 6.45) is 3.36. The fraction of sp³-hybridized carbons (Fsp3) is 0.214. The van der Waals surface area contributed by atoms with Gasteiger partial charge in [-0.1, -0.05) is 11.6 Å². The van der Waals surface area contributed by atoms with Gasteiger partial charge in [0.25, 0.3) is 0 Å². The summed E-state index contributed by atoms with van der Waals surface area (Å²) in [5, 5.41) is 0.485. The molecule has 1 aromatic carbocycles. The quantitative estimate of drug-likeness (QED) is 0.788. The highest BCUT2D eigenvalue weighted by Crippen LogP contribution is 2.24. The number of benzene rings is 1. The third kappa shape index (κ3) is 2.74. The maximum absolute atomic E-state index is 11.3. The van der Waals surface area contributed by atoms with Crippen LogP contribution in [0.1, 0.15) is 22.8 Å². The molecule has 3 nitrogen and oxygen atoms in total. The molecule has 0 aliphatic heterocycles. The van der Waals surface area contributed by atoms with E-state index in [0.717, 1.165) is 17.8 Å². The Hall–Kier alpha value is -1.74. The van der Waals surface area contributed by atoms with Crippen molar-refractivity contribution >= 4 is 23.1 Å². The van der Waals surface area contributed by atoms with Crippen molar-refractivity contribution in [1.29, 1.82) is 0 Å². The van der Waals surface area contributed by atoms with Gasteiger partial charge in [0.05, 0.1) is 17.5 Å². The van der Waals surface area contributed by atoms with E-state index in [2.05, 4.69) is 0 Å². The van der Waals surface area contributed by atoms with E-state index < -0.39 is 0 Å². The first-order valence-corrected chi connectivity index (χ1v) is 5.98. The minimum Gasteiger partial charge on any atom is -0.472 e. The molecule has 1 heterocycles. The molecule has 0 saturated heterocycles. The molecule has 2 aromatic rings. The molecule has 94 valence electrons. The fourth-order valence-electron chi connectivity index (χ4n) is 1.77. The van der Waals surface area contributed by atoms with Crippen LogP contribution in [-0.2, 0) is 6.54 Å². The van der Waals surface area contributed by atoms with Crippen LogP contribution in [0.2, 0.25) is 5.02 Å². The van der Waals surface area contributed by atoms with Crippen LogP contribution in [0.25, 0.3) is 0 Å². The number of hydrogen-bond donors (Lipinski definition) is 0. The largest absolute Gasteiger partial charge is 0.472 e. The minimum atomic E-state index is -0.0240. The molecule has 1 aromatic heterocycles. The Bertz CT molecular complexity index is 549. The van der Waals surface area contributed by atoms with Crippen molar-refractivity contribution in [3.8, 4) is 0 Å². The molecule has 0 spiro atoms. The Morgan fingerprint density at radius 3 is 2.72 bits per heavy atom. The van der Waals surface area contributed by atoms with Crippen molar-refractivity contribution in [3.05, 3.63) is 52.9 Å². The van der Waals surface area contributed by atoms with Crippen molar-refractivity contribution in [3.63, 3.8) is 0 Å². The van der Waals surface area contributed by atoms with Gasteiger partial charge < -0.3 is 9.32 Å². The van der Waals surface area contributed by atoms with Gasteiger partial charge in [-0.3, -0.25) is 4.79 Å². The first kappa shape index (κ1) is 12.7. The van der Waals surface area contributed by atoms with Crippen molar-refractivity contribution in [2.45, 2.75) is 13.5 Å². The summed E-state index contributed by atoms with van der Waals surface area (Å²) in [5.41, 5.74) is 2.60. The van der Waals surface area contributed by atoms with Crippen molar-refractivity contribution < 1.29 is 9.21 Å². The smallest absolute Gasteiger partial charge is 0.161 e. The Morgan fingerprint density at radius 1 is 1.39 bits per heavy atom. The molecule has 18 heavy (non-hydrogen) atoms. The molecule has 0 aliphatic carbocycles. The molecule has 0 bridgehead atoms. The van der Waals surface area contributed by atoms with E-state index in [0.29, 0.717) is 10.6 Å². The summed E-state index contributed by atoms with van der Waals surface area (Å²) < 4.78 is 5.03. The van der Waals surface area contributed by atoms with Crippen LogP contribution >= 0.6 is 11.6 Å². The van der Waals surface area contributed by atoms with E-state index in [4.69, 9.17) is 16.0 Å². The highest BCUT2D eigenvalue weighted by atomic mass is 35.5. The van der Waals surface area contributed by atoms with Crippen LogP contribution in [0, 0.1) is 0 Å². The number of carbonyl (C=O) groups excluding carboxylic acids is 1. The van der Waals surface area contributed by atoms with Gasteiger partial charge in [-0.05, 0) is 31.2 Å². The second-order valence-electron chi connectivity index (χ2n) is 4.21. The molecule has 0 radical (unpaired) electrons. The number of rotatable bonds is 4. The second-order valence-corrected chi connectivity index (χ2v) is 4.62. The van der Waals surface area contributed by atoms with Gasteiger partial charge in [-0.15, -0.1) is 0 Å². The SMILES string of the molecule is CC(=O)c1ccc(N(C)Cc2ccoc2)cc1Cl. The summed E-state index contributed by atoms with van der Waals surface area (Å²) in [6.45, 7) is 2.24. The normalized spacial score (nSPS) is 10.4. The Morgan fingerprint density at radius 2 is 2.17 bits per heavy atom. The summed E-state index contributed by atoms with van der Waals surface area (Å²) in [4.78, 5) is 13.3. The van der Waals surface area contributed by atoms with E-state index in [-0.39, 0.29) is 5.78 Å². The summed E-state index contributed by atoms with van der Waals surface area (Å²) >= 11 is 6.08. The molecule has 4 heteroatoms. The highest BCUT2D eigenvalue weighted by Gasteiger charge is 2.09. The maximum atomic E-state index is 11.3. The van der Waals surface area contributed by atoms with Crippen molar-refractivity contribution in [2.75, 3.05) is 11.9 Å². The number of ketones is 1. The maximum Gasteiger partial charge on any atom is 0.161 e. The predicted molar refractivity (Wildman–Crippen MR) is 72.3 cm³/mol. The Balaban J connectivity index is 2.18. The molecular weight excluding hydrogens is 250 g/mol. The zero-order valence-corrected chi connectivity index (χ0v) is 11.1. The number of furan rings is 1. The summed E-state index contributed by atoms with van der Waals surface area (Å²) in [5.74, 6) is -0.0240. The fourth-order valence-corrected chi connectivity index (χ4v) is 2.08. The number of Topliss-reactive ketones (excluding diaryl/α,β-unsaturated/α-hetero) is 1. The zero-order valence-electron chi connectivity index (χ0n) is 10.3. The average molecular weight is 264 g/mol. The number of carbonyl (C=O) groups is 1. The minimum absolute atomic E-state index is 0.0240. The van der Waals surface area contributed by atoms with Crippen LogP contribution in [0.5, 0.6) is 0 Å². The standard InChI is InChI=1S/C14H14ClNO2/c1-10(17)13-4-3-12(7-14(13)15)16(2)8-11-5-6-18-9-11/h3-7,9H,8H2,1-2H3. The molecule has 0 amide bonds. The second kappa shape index (κ2) is 5.27. The van der Waals surface area contributed by atoms with E-state index >= 15 is 0 Å². The zero-order chi connectivity index (χ0) is 13.1. The number of hydrogen-bond acceptors (Lipinski definition) is 3. The van der Waals surface area contributed by atoms with Gasteiger partial charge in [-0.25, -0.2) is 0 Å². The molecule has 0 aliphatic rings. The Labute approximate surface area is 111 Å². The van der Waals surface area contributed by atoms with Crippen LogP contribution in [0.3, 0.4) is 0 Å². The summed E-state index contributed by atoms with van der Waals surface area (Å²) in [7, 11) is 1.96. The van der Waals surface area contributed by atoms with Gasteiger partial charge in [0.1, 0.15) is 0 Å². The van der Waals surface area contributed by atoms with Crippen molar-refractivity contribution in [2.24, 2.45) is 0 Å². The summed E-state index contributed by atoms with van der Waals surface area (Å²) in [6, 6.07) is 7.37. The number of nitrogens with zero attached hydrogens (tertiary/aromatic N) is 1. The molecule has 0 N–H and O–H groups in total. The monoisotopic (exact) mass is 263 g/mol. The van der Waals surface area contributed by atoms with E-state index in [1.165, 1.54) is 6.92 Å². The average Bonchev–Trinajstić information content (AvgIpc) is 2.81. The van der Waals surface area contributed by atoms with Crippen LogP contribution in [-0.4, -0.2) is 12.8 Å². The third-order valence-electron chi connectivity index (χ3n) is 2.77. The van der Waals surface area contributed by atoms with Gasteiger partial charge in [0, 0.05) is 30.4 Å². The van der Waals surface area contributed by atoms with Gasteiger partial charge in [0.2, 0.25) is 0 Å². The van der Waals surface area contributed by atoms with E-state index in [9.17, 15) is 4.79 Å². The van der Waals surface area contributed by atoms with Gasteiger partial charge in [0.15, 0.2) is 5.78 Å².